The van der Waals surface area contributed by atoms with Crippen molar-refractivity contribution in [1.82, 2.24) is 0 Å². The molecule has 2 unspecified atom stereocenters. The minimum Gasteiger partial charge on any atom is -0.363 e. The van der Waals surface area contributed by atoms with Crippen molar-refractivity contribution in [3.63, 3.8) is 0 Å². The third-order valence-corrected chi connectivity index (χ3v) is 4.40. The molecule has 0 amide bonds. The van der Waals surface area contributed by atoms with Crippen LogP contribution in [0.25, 0.3) is 0 Å². The fourth-order valence-electron chi connectivity index (χ4n) is 3.33. The first kappa shape index (κ1) is 9.98. The molecule has 2 nitrogen and oxygen atoms in total. The van der Waals surface area contributed by atoms with Crippen LogP contribution in [0.1, 0.15) is 39.0 Å². The first-order valence-electron chi connectivity index (χ1n) is 5.66. The standard InChI is InChI=1S/C12H19NO/c1-12(8-13,14-2)11-7-9-3-5-10(11)6-4-9/h9-11H,3-7H2,1-2H3. The Morgan fingerprint density at radius 2 is 1.93 bits per heavy atom. The summed E-state index contributed by atoms with van der Waals surface area (Å²) in [6, 6.07) is 2.36. The Kier molecular flexibility index (Phi) is 2.53. The maximum atomic E-state index is 9.19. The summed E-state index contributed by atoms with van der Waals surface area (Å²) in [4.78, 5) is 0. The van der Waals surface area contributed by atoms with Crippen LogP contribution in [0.15, 0.2) is 0 Å². The van der Waals surface area contributed by atoms with Crippen LogP contribution in [-0.4, -0.2) is 12.7 Å². The van der Waals surface area contributed by atoms with E-state index in [1.54, 1.807) is 7.11 Å². The molecule has 0 spiro atoms. The normalized spacial score (nSPS) is 40.2. The van der Waals surface area contributed by atoms with E-state index in [1.807, 2.05) is 6.92 Å². The van der Waals surface area contributed by atoms with Gasteiger partial charge in [-0.15, -0.1) is 0 Å². The molecule has 2 bridgehead atoms. The second-order valence-corrected chi connectivity index (χ2v) is 5.05. The van der Waals surface area contributed by atoms with Crippen LogP contribution in [0.2, 0.25) is 0 Å². The van der Waals surface area contributed by atoms with E-state index >= 15 is 0 Å². The summed E-state index contributed by atoms with van der Waals surface area (Å²) in [5.74, 6) is 2.09. The summed E-state index contributed by atoms with van der Waals surface area (Å²) in [5.41, 5.74) is -0.538. The average molecular weight is 193 g/mol. The maximum Gasteiger partial charge on any atom is 0.154 e. The van der Waals surface area contributed by atoms with Gasteiger partial charge in [0.1, 0.15) is 0 Å². The molecule has 78 valence electrons. The molecule has 3 aliphatic rings. The molecule has 2 heteroatoms. The van der Waals surface area contributed by atoms with Crippen LogP contribution in [0, 0.1) is 29.1 Å². The van der Waals surface area contributed by atoms with Crippen molar-refractivity contribution in [1.29, 1.82) is 5.26 Å². The second kappa shape index (κ2) is 3.55. The van der Waals surface area contributed by atoms with Gasteiger partial charge in [0.05, 0.1) is 6.07 Å². The zero-order valence-electron chi connectivity index (χ0n) is 9.12. The zero-order chi connectivity index (χ0) is 10.2. The van der Waals surface area contributed by atoms with Crippen molar-refractivity contribution >= 4 is 0 Å². The molecule has 0 aliphatic heterocycles. The van der Waals surface area contributed by atoms with Gasteiger partial charge < -0.3 is 4.74 Å². The Balaban J connectivity index is 2.15. The highest BCUT2D eigenvalue weighted by Crippen LogP contribution is 2.49. The van der Waals surface area contributed by atoms with E-state index in [1.165, 1.54) is 32.1 Å². The summed E-state index contributed by atoms with van der Waals surface area (Å²) in [6.45, 7) is 1.96. The molecular formula is C12H19NO. The largest absolute Gasteiger partial charge is 0.363 e. The summed E-state index contributed by atoms with van der Waals surface area (Å²) in [6.07, 6.45) is 6.60. The molecule has 0 saturated heterocycles. The Labute approximate surface area is 86.2 Å². The quantitative estimate of drug-likeness (QED) is 0.675. The first-order valence-corrected chi connectivity index (χ1v) is 5.66. The molecule has 3 saturated carbocycles. The predicted molar refractivity (Wildman–Crippen MR) is 54.6 cm³/mol. The van der Waals surface area contributed by atoms with Crippen LogP contribution in [0.5, 0.6) is 0 Å². The number of hydrogen-bond acceptors (Lipinski definition) is 2. The topological polar surface area (TPSA) is 33.0 Å². The van der Waals surface area contributed by atoms with Crippen molar-refractivity contribution in [3.8, 4) is 6.07 Å². The van der Waals surface area contributed by atoms with Gasteiger partial charge in [0.15, 0.2) is 5.60 Å². The van der Waals surface area contributed by atoms with Crippen LogP contribution in [-0.2, 0) is 4.74 Å². The van der Waals surface area contributed by atoms with Crippen molar-refractivity contribution in [2.75, 3.05) is 7.11 Å². The molecule has 0 aromatic rings. The van der Waals surface area contributed by atoms with E-state index in [9.17, 15) is 5.26 Å². The number of hydrogen-bond donors (Lipinski definition) is 0. The maximum absolute atomic E-state index is 9.19. The van der Waals surface area contributed by atoms with E-state index in [0.29, 0.717) is 5.92 Å². The fraction of sp³-hybridized carbons (Fsp3) is 0.917. The fourth-order valence-corrected chi connectivity index (χ4v) is 3.33. The van der Waals surface area contributed by atoms with Crippen LogP contribution in [0.3, 0.4) is 0 Å². The Hall–Kier alpha value is -0.550. The van der Waals surface area contributed by atoms with Crippen molar-refractivity contribution in [2.45, 2.75) is 44.6 Å². The summed E-state index contributed by atoms with van der Waals surface area (Å²) >= 11 is 0. The highest BCUT2D eigenvalue weighted by molar-refractivity contribution is 5.07. The lowest BCUT2D eigenvalue weighted by Gasteiger charge is -2.47. The van der Waals surface area contributed by atoms with Crippen LogP contribution < -0.4 is 0 Å². The summed E-state index contributed by atoms with van der Waals surface area (Å²) < 4.78 is 5.42. The molecule has 0 heterocycles. The van der Waals surface area contributed by atoms with Gasteiger partial charge in [0.2, 0.25) is 0 Å². The highest BCUT2D eigenvalue weighted by Gasteiger charge is 2.46. The van der Waals surface area contributed by atoms with E-state index in [2.05, 4.69) is 6.07 Å². The summed E-state index contributed by atoms with van der Waals surface area (Å²) in [5, 5.41) is 9.19. The van der Waals surface area contributed by atoms with Crippen molar-refractivity contribution in [3.05, 3.63) is 0 Å². The molecule has 0 aromatic carbocycles. The molecule has 14 heavy (non-hydrogen) atoms. The average Bonchev–Trinajstić information content (AvgIpc) is 2.29. The SMILES string of the molecule is COC(C)(C#N)C1CC2CCC1CC2. The minimum atomic E-state index is -0.538. The summed E-state index contributed by atoms with van der Waals surface area (Å²) in [7, 11) is 1.67. The van der Waals surface area contributed by atoms with Gasteiger partial charge in [-0.05, 0) is 38.0 Å². The second-order valence-electron chi connectivity index (χ2n) is 5.05. The molecule has 0 radical (unpaired) electrons. The van der Waals surface area contributed by atoms with Crippen molar-refractivity contribution in [2.24, 2.45) is 17.8 Å². The molecule has 3 rings (SSSR count). The third-order valence-electron chi connectivity index (χ3n) is 4.40. The van der Waals surface area contributed by atoms with Gasteiger partial charge in [-0.1, -0.05) is 12.8 Å². The Morgan fingerprint density at radius 3 is 2.29 bits per heavy atom. The Morgan fingerprint density at radius 1 is 1.29 bits per heavy atom. The third kappa shape index (κ3) is 1.44. The number of methoxy groups -OCH3 is 1. The Bertz CT molecular complexity index is 250. The molecule has 0 N–H and O–H groups in total. The highest BCUT2D eigenvalue weighted by atomic mass is 16.5. The van der Waals surface area contributed by atoms with E-state index in [-0.39, 0.29) is 0 Å². The smallest absolute Gasteiger partial charge is 0.154 e. The number of nitrogens with zero attached hydrogens (tertiary/aromatic N) is 1. The number of fused-ring (bicyclic) bond motifs is 3. The van der Waals surface area contributed by atoms with Gasteiger partial charge in [-0.2, -0.15) is 5.26 Å². The number of nitriles is 1. The first-order chi connectivity index (χ1) is 6.69. The zero-order valence-corrected chi connectivity index (χ0v) is 9.12. The van der Waals surface area contributed by atoms with Gasteiger partial charge in [0.25, 0.3) is 0 Å². The molecule has 3 fully saturated rings. The lowest BCUT2D eigenvalue weighted by molar-refractivity contribution is -0.0634. The molecular weight excluding hydrogens is 174 g/mol. The molecule has 2 atom stereocenters. The van der Waals surface area contributed by atoms with Gasteiger partial charge in [0, 0.05) is 13.0 Å². The van der Waals surface area contributed by atoms with Gasteiger partial charge in [-0.3, -0.25) is 0 Å². The molecule has 3 aliphatic carbocycles. The van der Waals surface area contributed by atoms with Gasteiger partial charge >= 0.3 is 0 Å². The van der Waals surface area contributed by atoms with E-state index < -0.39 is 5.60 Å². The monoisotopic (exact) mass is 193 g/mol. The van der Waals surface area contributed by atoms with Crippen LogP contribution in [0.4, 0.5) is 0 Å². The minimum absolute atomic E-state index is 0.477. The lowest BCUT2D eigenvalue weighted by Crippen LogP contribution is -2.45. The van der Waals surface area contributed by atoms with E-state index in [0.717, 1.165) is 11.8 Å². The number of ether oxygens (including phenoxy) is 1. The predicted octanol–water partition coefficient (Wildman–Crippen LogP) is 2.74. The number of rotatable bonds is 2. The molecule has 0 aromatic heterocycles. The lowest BCUT2D eigenvalue weighted by atomic mass is 9.60. The van der Waals surface area contributed by atoms with Gasteiger partial charge in [-0.25, -0.2) is 0 Å². The van der Waals surface area contributed by atoms with E-state index in [4.69, 9.17) is 4.74 Å². The van der Waals surface area contributed by atoms with Crippen molar-refractivity contribution < 1.29 is 4.74 Å². The van der Waals surface area contributed by atoms with Crippen LogP contribution >= 0.6 is 0 Å².